The van der Waals surface area contributed by atoms with E-state index >= 15 is 0 Å². The number of nitrogens with two attached hydrogens (primary N) is 1. The smallest absolute Gasteiger partial charge is 0.0998 e. The lowest BCUT2D eigenvalue weighted by Crippen LogP contribution is -2.40. The van der Waals surface area contributed by atoms with Crippen LogP contribution in [-0.4, -0.2) is 28.6 Å². The molecule has 0 radical (unpaired) electrons. The third-order valence-corrected chi connectivity index (χ3v) is 5.31. The Hall–Kier alpha value is -0.970. The molecule has 1 saturated heterocycles. The predicted molar refractivity (Wildman–Crippen MR) is 74.7 cm³/mol. The summed E-state index contributed by atoms with van der Waals surface area (Å²) in [5.41, 5.74) is 7.53. The number of rotatable bonds is 2. The van der Waals surface area contributed by atoms with E-state index in [-0.39, 0.29) is 6.17 Å². The molecule has 4 rings (SSSR count). The number of aromatic nitrogens is 1. The van der Waals surface area contributed by atoms with Crippen molar-refractivity contribution in [3.8, 4) is 0 Å². The van der Waals surface area contributed by atoms with Gasteiger partial charge in [-0.25, -0.2) is 4.98 Å². The summed E-state index contributed by atoms with van der Waals surface area (Å²) in [5, 5.41) is 1.23. The summed E-state index contributed by atoms with van der Waals surface area (Å²) in [4.78, 5) is 7.25. The first-order valence-corrected chi connectivity index (χ1v) is 7.51. The summed E-state index contributed by atoms with van der Waals surface area (Å²) < 4.78 is 1.28. The third kappa shape index (κ3) is 1.67. The molecule has 2 aliphatic rings. The molecule has 2 atom stereocenters. The van der Waals surface area contributed by atoms with Crippen molar-refractivity contribution in [3.63, 3.8) is 0 Å². The highest BCUT2D eigenvalue weighted by molar-refractivity contribution is 7.18. The van der Waals surface area contributed by atoms with Crippen LogP contribution in [0.25, 0.3) is 10.2 Å². The Morgan fingerprint density at radius 2 is 2.06 bits per heavy atom. The zero-order valence-corrected chi connectivity index (χ0v) is 11.1. The van der Waals surface area contributed by atoms with Gasteiger partial charge in [-0.2, -0.15) is 0 Å². The number of likely N-dealkylation sites (tertiary alicyclic amines) is 1. The Bertz CT molecular complexity index is 542. The van der Waals surface area contributed by atoms with Crippen molar-refractivity contribution in [3.05, 3.63) is 29.3 Å². The molecule has 1 saturated carbocycles. The Kier molecular flexibility index (Phi) is 2.43. The largest absolute Gasteiger partial charge is 0.315 e. The lowest BCUT2D eigenvalue weighted by atomic mass is 10.1. The van der Waals surface area contributed by atoms with Crippen molar-refractivity contribution in [2.45, 2.75) is 37.4 Å². The topological polar surface area (TPSA) is 42.1 Å². The fraction of sp³-hybridized carbons (Fsp3) is 0.500. The fourth-order valence-corrected chi connectivity index (χ4v) is 4.13. The summed E-state index contributed by atoms with van der Waals surface area (Å²) in [6.07, 6.45) is 4.01. The zero-order chi connectivity index (χ0) is 12.1. The van der Waals surface area contributed by atoms with Gasteiger partial charge in [0, 0.05) is 18.5 Å². The standard InChI is InChI=1S/C14H17N3S/c15-13-10(7-8-17(13)9-5-6-9)14-16-11-3-1-2-4-12(11)18-14/h1-4,9-10,13H,5-8,15H2. The molecule has 0 bridgehead atoms. The number of hydrogen-bond donors (Lipinski definition) is 1. The molecular formula is C14H17N3S. The molecule has 1 aromatic carbocycles. The number of fused-ring (bicyclic) bond motifs is 1. The van der Waals surface area contributed by atoms with Crippen LogP contribution in [0, 0.1) is 0 Å². The number of hydrogen-bond acceptors (Lipinski definition) is 4. The molecule has 2 fully saturated rings. The van der Waals surface area contributed by atoms with E-state index < -0.39 is 0 Å². The minimum Gasteiger partial charge on any atom is -0.315 e. The zero-order valence-electron chi connectivity index (χ0n) is 10.2. The monoisotopic (exact) mass is 259 g/mol. The lowest BCUT2D eigenvalue weighted by Gasteiger charge is -2.22. The van der Waals surface area contributed by atoms with Crippen molar-refractivity contribution < 1.29 is 0 Å². The lowest BCUT2D eigenvalue weighted by molar-refractivity contribution is 0.239. The Labute approximate surface area is 111 Å². The van der Waals surface area contributed by atoms with Gasteiger partial charge in [-0.3, -0.25) is 4.90 Å². The van der Waals surface area contributed by atoms with Crippen molar-refractivity contribution in [2.75, 3.05) is 6.54 Å². The highest BCUT2D eigenvalue weighted by Gasteiger charge is 2.41. The van der Waals surface area contributed by atoms with Crippen LogP contribution in [0.15, 0.2) is 24.3 Å². The first-order chi connectivity index (χ1) is 8.83. The molecule has 18 heavy (non-hydrogen) atoms. The van der Waals surface area contributed by atoms with Crippen LogP contribution >= 0.6 is 11.3 Å². The van der Waals surface area contributed by atoms with E-state index in [1.807, 2.05) is 11.3 Å². The molecule has 0 amide bonds. The maximum atomic E-state index is 6.41. The summed E-state index contributed by atoms with van der Waals surface area (Å²) in [6.45, 7) is 1.15. The minimum atomic E-state index is 0.179. The quantitative estimate of drug-likeness (QED) is 0.901. The van der Waals surface area contributed by atoms with Crippen LogP contribution in [0.4, 0.5) is 0 Å². The molecule has 2 aromatic rings. The summed E-state index contributed by atoms with van der Waals surface area (Å²) in [7, 11) is 0. The summed E-state index contributed by atoms with van der Waals surface area (Å²) in [5.74, 6) is 0.433. The van der Waals surface area contributed by atoms with Crippen LogP contribution in [-0.2, 0) is 0 Å². The second-order valence-electron chi connectivity index (χ2n) is 5.37. The van der Waals surface area contributed by atoms with Gasteiger partial charge in [0.2, 0.25) is 0 Å². The number of thiazole rings is 1. The predicted octanol–water partition coefficient (Wildman–Crippen LogP) is 2.53. The summed E-state index contributed by atoms with van der Waals surface area (Å²) >= 11 is 1.81. The van der Waals surface area contributed by atoms with Gasteiger partial charge in [0.25, 0.3) is 0 Å². The second-order valence-corrected chi connectivity index (χ2v) is 6.44. The van der Waals surface area contributed by atoms with Gasteiger partial charge in [-0.15, -0.1) is 11.3 Å². The van der Waals surface area contributed by atoms with Crippen molar-refractivity contribution in [1.82, 2.24) is 9.88 Å². The van der Waals surface area contributed by atoms with Crippen LogP contribution < -0.4 is 5.73 Å². The first kappa shape index (κ1) is 10.9. The average Bonchev–Trinajstić information content (AvgIpc) is 3.01. The number of nitrogens with zero attached hydrogens (tertiary/aromatic N) is 2. The number of benzene rings is 1. The van der Waals surface area contributed by atoms with Gasteiger partial charge >= 0.3 is 0 Å². The molecular weight excluding hydrogens is 242 g/mol. The maximum absolute atomic E-state index is 6.41. The highest BCUT2D eigenvalue weighted by atomic mass is 32.1. The van der Waals surface area contributed by atoms with Crippen LogP contribution in [0.3, 0.4) is 0 Å². The van der Waals surface area contributed by atoms with Crippen LogP contribution in [0.5, 0.6) is 0 Å². The van der Waals surface area contributed by atoms with E-state index in [0.29, 0.717) is 5.92 Å². The van der Waals surface area contributed by atoms with Gasteiger partial charge in [0.1, 0.15) is 0 Å². The van der Waals surface area contributed by atoms with Gasteiger partial charge in [0.15, 0.2) is 0 Å². The van der Waals surface area contributed by atoms with E-state index in [2.05, 4.69) is 29.2 Å². The average molecular weight is 259 g/mol. The third-order valence-electron chi connectivity index (χ3n) is 4.14. The highest BCUT2D eigenvalue weighted by Crippen LogP contribution is 2.40. The fourth-order valence-electron chi connectivity index (χ4n) is 2.99. The van der Waals surface area contributed by atoms with Gasteiger partial charge in [-0.1, -0.05) is 12.1 Å². The molecule has 94 valence electrons. The van der Waals surface area contributed by atoms with Gasteiger partial charge in [0.05, 0.1) is 21.4 Å². The van der Waals surface area contributed by atoms with Crippen molar-refractivity contribution in [2.24, 2.45) is 5.73 Å². The molecule has 1 aromatic heterocycles. The molecule has 2 N–H and O–H groups in total. The number of para-hydroxylation sites is 1. The maximum Gasteiger partial charge on any atom is 0.0998 e. The van der Waals surface area contributed by atoms with E-state index in [1.165, 1.54) is 22.5 Å². The molecule has 3 nitrogen and oxygen atoms in total. The normalized spacial score (nSPS) is 29.2. The second kappa shape index (κ2) is 4.02. The molecule has 4 heteroatoms. The molecule has 2 heterocycles. The minimum absolute atomic E-state index is 0.179. The van der Waals surface area contributed by atoms with Crippen LogP contribution in [0.1, 0.15) is 30.2 Å². The van der Waals surface area contributed by atoms with E-state index in [9.17, 15) is 0 Å². The summed E-state index contributed by atoms with van der Waals surface area (Å²) in [6, 6.07) is 9.13. The van der Waals surface area contributed by atoms with Gasteiger partial charge < -0.3 is 5.73 Å². The molecule has 0 spiro atoms. The van der Waals surface area contributed by atoms with E-state index in [4.69, 9.17) is 10.7 Å². The first-order valence-electron chi connectivity index (χ1n) is 6.70. The van der Waals surface area contributed by atoms with Crippen LogP contribution in [0.2, 0.25) is 0 Å². The Morgan fingerprint density at radius 3 is 2.83 bits per heavy atom. The van der Waals surface area contributed by atoms with E-state index in [0.717, 1.165) is 24.5 Å². The Balaban J connectivity index is 1.66. The van der Waals surface area contributed by atoms with Crippen molar-refractivity contribution >= 4 is 21.6 Å². The molecule has 1 aliphatic carbocycles. The Morgan fingerprint density at radius 1 is 1.22 bits per heavy atom. The molecule has 1 aliphatic heterocycles. The molecule has 2 unspecified atom stereocenters. The van der Waals surface area contributed by atoms with E-state index in [1.54, 1.807) is 0 Å². The van der Waals surface area contributed by atoms with Gasteiger partial charge in [-0.05, 0) is 31.4 Å². The SMILES string of the molecule is NC1C(c2nc3ccccc3s2)CCN1C1CC1. The van der Waals surface area contributed by atoms with Crippen molar-refractivity contribution in [1.29, 1.82) is 0 Å².